The molecule has 2 aliphatic rings. The van der Waals surface area contributed by atoms with Gasteiger partial charge in [-0.05, 0) is 19.3 Å². The summed E-state index contributed by atoms with van der Waals surface area (Å²) in [5.74, 6) is -1.04. The summed E-state index contributed by atoms with van der Waals surface area (Å²) in [5.41, 5.74) is -0.820. The van der Waals surface area contributed by atoms with Crippen molar-refractivity contribution in [2.75, 3.05) is 20.1 Å². The van der Waals surface area contributed by atoms with Crippen molar-refractivity contribution in [1.82, 2.24) is 15.1 Å². The maximum atomic E-state index is 12.1. The Kier molecular flexibility index (Phi) is 3.49. The number of hydrogen-bond acceptors (Lipinski definition) is 4. The van der Waals surface area contributed by atoms with Crippen molar-refractivity contribution >= 4 is 17.9 Å². The molecule has 2 aliphatic heterocycles. The summed E-state index contributed by atoms with van der Waals surface area (Å²) in [6.45, 7) is 2.84. The Bertz CT molecular complexity index is 415. The highest BCUT2D eigenvalue weighted by molar-refractivity contribution is 6.06. The second-order valence-corrected chi connectivity index (χ2v) is 5.17. The number of carbonyl (C=O) groups excluding carboxylic acids is 2. The standard InChI is InChI=1S/C12H19N3O4/c1-3-8(9(16)17)15-6-4-12(5-7-15)10(18)14(2)11(19)13-12/h8H,3-7H2,1-2H3,(H,13,19)(H,16,17). The molecule has 2 N–H and O–H groups in total. The van der Waals surface area contributed by atoms with E-state index in [2.05, 4.69) is 5.32 Å². The van der Waals surface area contributed by atoms with E-state index in [0.717, 1.165) is 4.90 Å². The summed E-state index contributed by atoms with van der Waals surface area (Å²) in [5, 5.41) is 11.9. The minimum Gasteiger partial charge on any atom is -0.480 e. The number of hydrogen-bond donors (Lipinski definition) is 2. The second kappa shape index (κ2) is 4.80. The molecule has 2 rings (SSSR count). The van der Waals surface area contributed by atoms with Crippen LogP contribution in [-0.4, -0.2) is 64.5 Å². The molecule has 106 valence electrons. The first-order valence-electron chi connectivity index (χ1n) is 6.48. The topological polar surface area (TPSA) is 89.9 Å². The number of likely N-dealkylation sites (tertiary alicyclic amines) is 1. The van der Waals surface area contributed by atoms with Gasteiger partial charge in [0.05, 0.1) is 0 Å². The first-order valence-corrected chi connectivity index (χ1v) is 6.48. The second-order valence-electron chi connectivity index (χ2n) is 5.17. The van der Waals surface area contributed by atoms with E-state index >= 15 is 0 Å². The third-order valence-corrected chi connectivity index (χ3v) is 4.13. The Hall–Kier alpha value is -1.63. The lowest BCUT2D eigenvalue weighted by Gasteiger charge is -2.39. The van der Waals surface area contributed by atoms with Gasteiger partial charge < -0.3 is 10.4 Å². The van der Waals surface area contributed by atoms with E-state index in [1.165, 1.54) is 7.05 Å². The molecule has 19 heavy (non-hydrogen) atoms. The van der Waals surface area contributed by atoms with Gasteiger partial charge in [-0.2, -0.15) is 0 Å². The molecule has 0 aromatic rings. The quantitative estimate of drug-likeness (QED) is 0.696. The van der Waals surface area contributed by atoms with E-state index in [9.17, 15) is 14.4 Å². The van der Waals surface area contributed by atoms with E-state index in [-0.39, 0.29) is 11.9 Å². The summed E-state index contributed by atoms with van der Waals surface area (Å²) >= 11 is 0. The van der Waals surface area contributed by atoms with Gasteiger partial charge in [-0.3, -0.25) is 19.4 Å². The maximum Gasteiger partial charge on any atom is 0.324 e. The summed E-state index contributed by atoms with van der Waals surface area (Å²) in [4.78, 5) is 37.7. The van der Waals surface area contributed by atoms with E-state index < -0.39 is 17.6 Å². The predicted molar refractivity (Wildman–Crippen MR) is 66.6 cm³/mol. The molecule has 0 aliphatic carbocycles. The number of carboxylic acids is 1. The van der Waals surface area contributed by atoms with Gasteiger partial charge in [0.15, 0.2) is 0 Å². The van der Waals surface area contributed by atoms with Crippen LogP contribution in [0.15, 0.2) is 0 Å². The SMILES string of the molecule is CCC(C(=O)O)N1CCC2(CC1)NC(=O)N(C)C2=O. The summed E-state index contributed by atoms with van der Waals surface area (Å²) in [6.07, 6.45) is 1.46. The molecule has 1 atom stereocenters. The number of amides is 3. The number of carbonyl (C=O) groups is 3. The van der Waals surface area contributed by atoms with Crippen LogP contribution in [-0.2, 0) is 9.59 Å². The number of nitrogens with zero attached hydrogens (tertiary/aromatic N) is 2. The highest BCUT2D eigenvalue weighted by Crippen LogP contribution is 2.29. The minimum atomic E-state index is -0.836. The normalized spacial score (nSPS) is 24.6. The van der Waals surface area contributed by atoms with Crippen molar-refractivity contribution in [2.24, 2.45) is 0 Å². The van der Waals surface area contributed by atoms with E-state index in [1.807, 2.05) is 11.8 Å². The molecule has 0 bridgehead atoms. The minimum absolute atomic E-state index is 0.208. The van der Waals surface area contributed by atoms with Gasteiger partial charge in [0.25, 0.3) is 5.91 Å². The lowest BCUT2D eigenvalue weighted by atomic mass is 9.86. The van der Waals surface area contributed by atoms with Crippen molar-refractivity contribution in [2.45, 2.75) is 37.8 Å². The number of piperidine rings is 1. The van der Waals surface area contributed by atoms with Crippen molar-refractivity contribution in [3.8, 4) is 0 Å². The third-order valence-electron chi connectivity index (χ3n) is 4.13. The fourth-order valence-corrected chi connectivity index (χ4v) is 2.90. The number of imide groups is 1. The van der Waals surface area contributed by atoms with Crippen LogP contribution in [0.5, 0.6) is 0 Å². The van der Waals surface area contributed by atoms with Crippen LogP contribution in [0.25, 0.3) is 0 Å². The number of rotatable bonds is 3. The van der Waals surface area contributed by atoms with E-state index in [4.69, 9.17) is 5.11 Å². The van der Waals surface area contributed by atoms with Crippen LogP contribution >= 0.6 is 0 Å². The fraction of sp³-hybridized carbons (Fsp3) is 0.750. The van der Waals surface area contributed by atoms with Crippen molar-refractivity contribution in [3.63, 3.8) is 0 Å². The first kappa shape index (κ1) is 13.8. The van der Waals surface area contributed by atoms with E-state index in [1.54, 1.807) is 0 Å². The number of nitrogens with one attached hydrogen (secondary N) is 1. The highest BCUT2D eigenvalue weighted by atomic mass is 16.4. The van der Waals surface area contributed by atoms with Gasteiger partial charge in [0.2, 0.25) is 0 Å². The molecule has 2 fully saturated rings. The molecule has 3 amide bonds. The number of urea groups is 1. The van der Waals surface area contributed by atoms with Gasteiger partial charge in [0, 0.05) is 20.1 Å². The van der Waals surface area contributed by atoms with Gasteiger partial charge >= 0.3 is 12.0 Å². The highest BCUT2D eigenvalue weighted by Gasteiger charge is 2.51. The fourth-order valence-electron chi connectivity index (χ4n) is 2.90. The van der Waals surface area contributed by atoms with Gasteiger partial charge in [0.1, 0.15) is 11.6 Å². The lowest BCUT2D eigenvalue weighted by molar-refractivity contribution is -0.144. The molecule has 0 aromatic heterocycles. The molecular weight excluding hydrogens is 250 g/mol. The Balaban J connectivity index is 2.05. The Morgan fingerprint density at radius 1 is 1.42 bits per heavy atom. The van der Waals surface area contributed by atoms with Crippen LogP contribution in [0, 0.1) is 0 Å². The molecule has 2 heterocycles. The first-order chi connectivity index (χ1) is 8.91. The maximum absolute atomic E-state index is 12.1. The Morgan fingerprint density at radius 3 is 2.37 bits per heavy atom. The van der Waals surface area contributed by atoms with Crippen LogP contribution in [0.4, 0.5) is 4.79 Å². The van der Waals surface area contributed by atoms with E-state index in [0.29, 0.717) is 32.4 Å². The monoisotopic (exact) mass is 269 g/mol. The molecule has 1 spiro atoms. The van der Waals surface area contributed by atoms with Crippen LogP contribution < -0.4 is 5.32 Å². The molecular formula is C12H19N3O4. The van der Waals surface area contributed by atoms with Gasteiger partial charge in [-0.25, -0.2) is 4.79 Å². The van der Waals surface area contributed by atoms with Gasteiger partial charge in [-0.1, -0.05) is 6.92 Å². The Labute approximate surface area is 111 Å². The van der Waals surface area contributed by atoms with Gasteiger partial charge in [-0.15, -0.1) is 0 Å². The number of carboxylic acid groups (broad SMARTS) is 1. The number of aliphatic carboxylic acids is 1. The zero-order valence-corrected chi connectivity index (χ0v) is 11.2. The average Bonchev–Trinajstić information content (AvgIpc) is 2.58. The van der Waals surface area contributed by atoms with Crippen LogP contribution in [0.3, 0.4) is 0 Å². The largest absolute Gasteiger partial charge is 0.480 e. The molecule has 0 radical (unpaired) electrons. The molecule has 0 saturated carbocycles. The lowest BCUT2D eigenvalue weighted by Crippen LogP contribution is -2.57. The van der Waals surface area contributed by atoms with Crippen molar-refractivity contribution in [1.29, 1.82) is 0 Å². The summed E-state index contributed by atoms with van der Waals surface area (Å²) in [6, 6.07) is -0.883. The molecule has 0 aromatic carbocycles. The molecule has 7 heteroatoms. The smallest absolute Gasteiger partial charge is 0.324 e. The predicted octanol–water partition coefficient (Wildman–Crippen LogP) is -0.134. The number of likely N-dealkylation sites (N-methyl/N-ethyl adjacent to an activating group) is 1. The zero-order valence-electron chi connectivity index (χ0n) is 11.2. The zero-order chi connectivity index (χ0) is 14.2. The summed E-state index contributed by atoms with van der Waals surface area (Å²) in [7, 11) is 1.46. The molecule has 7 nitrogen and oxygen atoms in total. The third kappa shape index (κ3) is 2.18. The molecule has 2 saturated heterocycles. The Morgan fingerprint density at radius 2 is 2.00 bits per heavy atom. The average molecular weight is 269 g/mol. The van der Waals surface area contributed by atoms with Crippen LogP contribution in [0.1, 0.15) is 26.2 Å². The van der Waals surface area contributed by atoms with Crippen molar-refractivity contribution < 1.29 is 19.5 Å². The van der Waals surface area contributed by atoms with Crippen LogP contribution in [0.2, 0.25) is 0 Å². The van der Waals surface area contributed by atoms with Crippen molar-refractivity contribution in [3.05, 3.63) is 0 Å². The molecule has 1 unspecified atom stereocenters. The summed E-state index contributed by atoms with van der Waals surface area (Å²) < 4.78 is 0.